The number of carbonyl (C=O) groups is 1. The molecule has 0 fully saturated rings. The van der Waals surface area contributed by atoms with Crippen LogP contribution in [0.15, 0.2) is 12.1 Å². The third-order valence-electron chi connectivity index (χ3n) is 1.32. The predicted molar refractivity (Wildman–Crippen MR) is 38.4 cm³/mol. The summed E-state index contributed by atoms with van der Waals surface area (Å²) in [7, 11) is 0. The zero-order valence-electron chi connectivity index (χ0n) is 6.17. The van der Waals surface area contributed by atoms with Crippen molar-refractivity contribution >= 4 is 5.97 Å². The summed E-state index contributed by atoms with van der Waals surface area (Å²) in [5.74, 6) is -3.33. The first-order valence-electron chi connectivity index (χ1n) is 3.00. The van der Waals surface area contributed by atoms with Gasteiger partial charge in [0.1, 0.15) is 0 Å². The number of hydrogen-bond acceptors (Lipinski definition) is 4. The molecule has 0 heterocycles. The van der Waals surface area contributed by atoms with Gasteiger partial charge in [-0.15, -0.1) is 0 Å². The molecule has 0 aliphatic rings. The maximum absolute atomic E-state index is 10.3. The molecule has 0 aliphatic heterocycles. The molecule has 6 heteroatoms. The van der Waals surface area contributed by atoms with Crippen LogP contribution < -0.4 is 0 Å². The van der Waals surface area contributed by atoms with Gasteiger partial charge in [-0.25, -0.2) is 4.79 Å². The van der Waals surface area contributed by atoms with Crippen molar-refractivity contribution in [3.63, 3.8) is 0 Å². The van der Waals surface area contributed by atoms with Gasteiger partial charge in [0.25, 0.3) is 0 Å². The van der Waals surface area contributed by atoms with Crippen molar-refractivity contribution in [3.05, 3.63) is 17.7 Å². The monoisotopic (exact) mass is 228 g/mol. The zero-order valence-corrected chi connectivity index (χ0v) is 7.16. The van der Waals surface area contributed by atoms with Crippen LogP contribution in [0.25, 0.3) is 0 Å². The summed E-state index contributed by atoms with van der Waals surface area (Å²) in [6.07, 6.45) is 0. The molecule has 1 rings (SSSR count). The second kappa shape index (κ2) is 4.00. The fourth-order valence-corrected chi connectivity index (χ4v) is 0.728. The predicted octanol–water partition coefficient (Wildman–Crippen LogP) is 0.499. The van der Waals surface area contributed by atoms with E-state index in [4.69, 9.17) is 20.4 Å². The normalized spacial score (nSPS) is 8.92. The van der Waals surface area contributed by atoms with E-state index in [9.17, 15) is 4.79 Å². The molecule has 0 aliphatic carbocycles. The Bertz CT molecular complexity index is 313. The van der Waals surface area contributed by atoms with Crippen LogP contribution >= 0.6 is 0 Å². The number of aromatic carboxylic acids is 1. The Balaban J connectivity index is 0.00000144. The van der Waals surface area contributed by atoms with E-state index in [1.54, 1.807) is 0 Å². The summed E-state index contributed by atoms with van der Waals surface area (Å²) in [6.45, 7) is 0. The molecule has 13 heavy (non-hydrogen) atoms. The van der Waals surface area contributed by atoms with Crippen LogP contribution in [0.4, 0.5) is 0 Å². The molecular formula is C7H6NiO5. The van der Waals surface area contributed by atoms with Gasteiger partial charge < -0.3 is 20.4 Å². The van der Waals surface area contributed by atoms with E-state index in [0.717, 1.165) is 12.1 Å². The fraction of sp³-hybridized carbons (Fsp3) is 0. The van der Waals surface area contributed by atoms with E-state index in [2.05, 4.69) is 0 Å². The molecule has 0 unspecified atom stereocenters. The van der Waals surface area contributed by atoms with E-state index in [1.807, 2.05) is 0 Å². The standard InChI is InChI=1S/C7H6O5.Ni/c8-4-1-3(7(11)12)2-5(9)6(4)10;/h1-2,8-10H,(H,11,12);. The molecule has 0 bridgehead atoms. The van der Waals surface area contributed by atoms with Gasteiger partial charge in [-0.2, -0.15) is 0 Å². The van der Waals surface area contributed by atoms with Crippen molar-refractivity contribution in [2.24, 2.45) is 0 Å². The third kappa shape index (κ3) is 2.26. The maximum Gasteiger partial charge on any atom is 0.335 e. The Hall–Kier alpha value is -1.42. The molecular weight excluding hydrogens is 223 g/mol. The minimum absolute atomic E-state index is 0. The quantitative estimate of drug-likeness (QED) is 0.415. The van der Waals surface area contributed by atoms with Crippen LogP contribution in [0.2, 0.25) is 0 Å². The van der Waals surface area contributed by atoms with Crippen molar-refractivity contribution in [2.45, 2.75) is 0 Å². The molecule has 5 nitrogen and oxygen atoms in total. The number of carboxylic acids is 1. The Morgan fingerprint density at radius 2 is 1.46 bits per heavy atom. The van der Waals surface area contributed by atoms with Crippen molar-refractivity contribution < 1.29 is 41.7 Å². The molecule has 0 saturated heterocycles. The minimum Gasteiger partial charge on any atom is -0.504 e. The fourth-order valence-electron chi connectivity index (χ4n) is 0.728. The minimum atomic E-state index is -1.29. The molecule has 74 valence electrons. The van der Waals surface area contributed by atoms with Crippen molar-refractivity contribution in [1.29, 1.82) is 0 Å². The number of phenolic OH excluding ortho intramolecular Hbond substituents is 3. The Kier molecular flexibility index (Phi) is 3.57. The number of carboxylic acid groups (broad SMARTS) is 1. The van der Waals surface area contributed by atoms with Gasteiger partial charge in [0.15, 0.2) is 17.2 Å². The van der Waals surface area contributed by atoms with E-state index >= 15 is 0 Å². The van der Waals surface area contributed by atoms with E-state index in [0.29, 0.717) is 0 Å². The van der Waals surface area contributed by atoms with Gasteiger partial charge in [0.2, 0.25) is 0 Å². The summed E-state index contributed by atoms with van der Waals surface area (Å²) >= 11 is 0. The molecule has 0 radical (unpaired) electrons. The van der Waals surface area contributed by atoms with Crippen molar-refractivity contribution in [1.82, 2.24) is 0 Å². The maximum atomic E-state index is 10.3. The van der Waals surface area contributed by atoms with Crippen LogP contribution in [-0.4, -0.2) is 26.4 Å². The number of phenols is 3. The molecule has 0 saturated carbocycles. The largest absolute Gasteiger partial charge is 0.504 e. The summed E-state index contributed by atoms with van der Waals surface area (Å²) in [5, 5.41) is 35.0. The van der Waals surface area contributed by atoms with Crippen LogP contribution in [-0.2, 0) is 16.5 Å². The average molecular weight is 229 g/mol. The van der Waals surface area contributed by atoms with E-state index in [-0.39, 0.29) is 22.1 Å². The zero-order chi connectivity index (χ0) is 9.30. The van der Waals surface area contributed by atoms with Crippen LogP contribution in [0.1, 0.15) is 10.4 Å². The second-order valence-corrected chi connectivity index (χ2v) is 2.17. The summed E-state index contributed by atoms with van der Waals surface area (Å²) in [4.78, 5) is 10.3. The number of hydrogen-bond donors (Lipinski definition) is 4. The molecule has 4 N–H and O–H groups in total. The van der Waals surface area contributed by atoms with Gasteiger partial charge in [-0.05, 0) is 12.1 Å². The molecule has 0 spiro atoms. The van der Waals surface area contributed by atoms with Crippen LogP contribution in [0.3, 0.4) is 0 Å². The van der Waals surface area contributed by atoms with Gasteiger partial charge in [0.05, 0.1) is 5.56 Å². The second-order valence-electron chi connectivity index (χ2n) is 2.17. The van der Waals surface area contributed by atoms with Crippen LogP contribution in [0.5, 0.6) is 17.2 Å². The number of benzene rings is 1. The molecule has 0 amide bonds. The van der Waals surface area contributed by atoms with Gasteiger partial charge >= 0.3 is 5.97 Å². The third-order valence-corrected chi connectivity index (χ3v) is 1.32. The van der Waals surface area contributed by atoms with Crippen molar-refractivity contribution in [2.75, 3.05) is 0 Å². The summed E-state index contributed by atoms with van der Waals surface area (Å²) in [6, 6.07) is 1.69. The molecule has 1 aromatic rings. The molecule has 1 aromatic carbocycles. The van der Waals surface area contributed by atoms with Gasteiger partial charge in [0, 0.05) is 16.5 Å². The SMILES string of the molecule is O=C(O)c1cc(O)c(O)c(O)c1.[Ni]. The smallest absolute Gasteiger partial charge is 0.335 e. The first kappa shape index (κ1) is 11.6. The van der Waals surface area contributed by atoms with Crippen molar-refractivity contribution in [3.8, 4) is 17.2 Å². The summed E-state index contributed by atoms with van der Waals surface area (Å²) in [5.41, 5.74) is -0.289. The Morgan fingerprint density at radius 1 is 1.08 bits per heavy atom. The van der Waals surface area contributed by atoms with E-state index < -0.39 is 23.2 Å². The molecule has 0 aromatic heterocycles. The Morgan fingerprint density at radius 3 is 1.77 bits per heavy atom. The summed E-state index contributed by atoms with van der Waals surface area (Å²) < 4.78 is 0. The first-order valence-corrected chi connectivity index (χ1v) is 3.00. The first-order chi connectivity index (χ1) is 5.52. The van der Waals surface area contributed by atoms with Gasteiger partial charge in [-0.3, -0.25) is 0 Å². The molecule has 0 atom stereocenters. The number of rotatable bonds is 1. The Labute approximate surface area is 83.2 Å². The van der Waals surface area contributed by atoms with Crippen LogP contribution in [0, 0.1) is 0 Å². The topological polar surface area (TPSA) is 98.0 Å². The van der Waals surface area contributed by atoms with Gasteiger partial charge in [-0.1, -0.05) is 0 Å². The average Bonchev–Trinajstić information content (AvgIpc) is 1.99. The van der Waals surface area contributed by atoms with E-state index in [1.165, 1.54) is 0 Å². The number of aromatic hydroxyl groups is 3.